The summed E-state index contributed by atoms with van der Waals surface area (Å²) in [7, 11) is 0. The highest BCUT2D eigenvalue weighted by Gasteiger charge is 2.29. The lowest BCUT2D eigenvalue weighted by Gasteiger charge is -2.31. The van der Waals surface area contributed by atoms with Crippen LogP contribution in [0.1, 0.15) is 33.6 Å². The Morgan fingerprint density at radius 1 is 1.29 bits per heavy atom. The molecule has 0 unspecified atom stereocenters. The lowest BCUT2D eigenvalue weighted by Crippen LogP contribution is -2.42. The summed E-state index contributed by atoms with van der Waals surface area (Å²) in [4.78, 5) is 37.0. The highest BCUT2D eigenvalue weighted by atomic mass is 32.1. The van der Waals surface area contributed by atoms with Gasteiger partial charge >= 0.3 is 5.00 Å². The summed E-state index contributed by atoms with van der Waals surface area (Å²) in [5, 5.41) is 13.5. The molecule has 2 aromatic rings. The number of hydrogen-bond acceptors (Lipinski definition) is 5. The maximum atomic E-state index is 13.6. The van der Waals surface area contributed by atoms with Crippen molar-refractivity contribution in [3.63, 3.8) is 0 Å². The minimum absolute atomic E-state index is 0.0647. The topological polar surface area (TPSA) is 92.6 Å². The molecule has 0 aliphatic carbocycles. The van der Waals surface area contributed by atoms with Crippen LogP contribution in [0.3, 0.4) is 0 Å². The Morgan fingerprint density at radius 2 is 2.00 bits per heavy atom. The van der Waals surface area contributed by atoms with Crippen molar-refractivity contribution in [1.29, 1.82) is 0 Å². The van der Waals surface area contributed by atoms with E-state index in [-0.39, 0.29) is 35.1 Å². The molecule has 0 atom stereocenters. The fourth-order valence-corrected chi connectivity index (χ4v) is 3.91. The number of amides is 2. The largest absolute Gasteiger partial charge is 0.352 e. The van der Waals surface area contributed by atoms with Crippen LogP contribution in [0.2, 0.25) is 0 Å². The molecular weight excluding hydrogens is 385 g/mol. The lowest BCUT2D eigenvalue weighted by molar-refractivity contribution is -0.380. The van der Waals surface area contributed by atoms with Gasteiger partial charge in [-0.3, -0.25) is 19.7 Å². The number of benzene rings is 1. The van der Waals surface area contributed by atoms with Gasteiger partial charge in [-0.15, -0.1) is 0 Å². The van der Waals surface area contributed by atoms with Crippen LogP contribution < -0.4 is 5.32 Å². The molecular formula is C19H20FN3O4S. The lowest BCUT2D eigenvalue weighted by atomic mass is 9.95. The molecule has 0 spiro atoms. The molecule has 1 aromatic carbocycles. The van der Waals surface area contributed by atoms with Crippen LogP contribution in [0.15, 0.2) is 30.3 Å². The first kappa shape index (κ1) is 19.9. The minimum atomic E-state index is -0.516. The number of nitrogens with zero attached hydrogens (tertiary/aromatic N) is 2. The minimum Gasteiger partial charge on any atom is -0.352 e. The second-order valence-electron chi connectivity index (χ2n) is 6.76. The van der Waals surface area contributed by atoms with Crippen LogP contribution in [0, 0.1) is 28.8 Å². The number of halogens is 1. The summed E-state index contributed by atoms with van der Waals surface area (Å²) in [5.41, 5.74) is 1.26. The van der Waals surface area contributed by atoms with Crippen molar-refractivity contribution in [3.05, 3.63) is 62.3 Å². The Labute approximate surface area is 165 Å². The van der Waals surface area contributed by atoms with E-state index >= 15 is 0 Å². The predicted octanol–water partition coefficient (Wildman–Crippen LogP) is 3.27. The number of thiophene rings is 1. The zero-order valence-corrected chi connectivity index (χ0v) is 16.1. The second kappa shape index (κ2) is 8.47. The van der Waals surface area contributed by atoms with E-state index in [2.05, 4.69) is 5.32 Å². The van der Waals surface area contributed by atoms with Crippen molar-refractivity contribution in [2.45, 2.75) is 26.3 Å². The van der Waals surface area contributed by atoms with Gasteiger partial charge in [0.15, 0.2) is 0 Å². The first-order valence-electron chi connectivity index (χ1n) is 8.91. The number of carbonyl (C=O) groups excluding carboxylic acids is 2. The van der Waals surface area contributed by atoms with Crippen LogP contribution >= 0.6 is 11.3 Å². The third-order valence-electron chi connectivity index (χ3n) is 4.84. The first-order valence-corrected chi connectivity index (χ1v) is 9.73. The smallest absolute Gasteiger partial charge is 0.324 e. The summed E-state index contributed by atoms with van der Waals surface area (Å²) >= 11 is 0.857. The highest BCUT2D eigenvalue weighted by Crippen LogP contribution is 2.27. The molecule has 1 aliphatic rings. The number of nitrogens with one attached hydrogen (secondary N) is 1. The van der Waals surface area contributed by atoms with Crippen molar-refractivity contribution in [2.24, 2.45) is 5.92 Å². The van der Waals surface area contributed by atoms with Crippen LogP contribution in [0.4, 0.5) is 9.39 Å². The van der Waals surface area contributed by atoms with Crippen LogP contribution in [0.25, 0.3) is 0 Å². The standard InChI is InChI=1S/C19H20FN3O4S/c1-12-2-3-13(10-15(12)20)11-21-18(24)14-6-8-22(9-7-14)19(25)16-4-5-17(28-16)23(26)27/h2-5,10,14H,6-9,11H2,1H3,(H,21,24). The Balaban J connectivity index is 1.49. The second-order valence-corrected chi connectivity index (χ2v) is 7.83. The molecule has 1 fully saturated rings. The molecule has 0 bridgehead atoms. The average Bonchev–Trinajstić information content (AvgIpc) is 3.19. The first-order chi connectivity index (χ1) is 13.3. The molecule has 1 N–H and O–H groups in total. The maximum Gasteiger partial charge on any atom is 0.324 e. The van der Waals surface area contributed by atoms with Gasteiger partial charge in [0.05, 0.1) is 9.80 Å². The van der Waals surface area contributed by atoms with E-state index in [1.165, 1.54) is 18.2 Å². The zero-order chi connectivity index (χ0) is 20.3. The Bertz CT molecular complexity index is 906. The summed E-state index contributed by atoms with van der Waals surface area (Å²) in [6.45, 7) is 2.78. The maximum absolute atomic E-state index is 13.6. The third kappa shape index (κ3) is 4.53. The van der Waals surface area contributed by atoms with Crippen molar-refractivity contribution in [3.8, 4) is 0 Å². The van der Waals surface area contributed by atoms with Crippen LogP contribution in [0.5, 0.6) is 0 Å². The molecule has 7 nitrogen and oxygen atoms in total. The van der Waals surface area contributed by atoms with Crippen molar-refractivity contribution in [1.82, 2.24) is 10.2 Å². The van der Waals surface area contributed by atoms with Gasteiger partial charge in [0.1, 0.15) is 5.82 Å². The summed E-state index contributed by atoms with van der Waals surface area (Å²) in [6.07, 6.45) is 1.04. The summed E-state index contributed by atoms with van der Waals surface area (Å²) in [6, 6.07) is 7.66. The third-order valence-corrected chi connectivity index (χ3v) is 5.86. The normalized spacial score (nSPS) is 14.7. The van der Waals surface area contributed by atoms with E-state index < -0.39 is 4.92 Å². The SMILES string of the molecule is Cc1ccc(CNC(=O)C2CCN(C(=O)c3ccc([N+](=O)[O-])s3)CC2)cc1F. The predicted molar refractivity (Wildman–Crippen MR) is 103 cm³/mol. The number of hydrogen-bond donors (Lipinski definition) is 1. The quantitative estimate of drug-likeness (QED) is 0.610. The summed E-state index contributed by atoms with van der Waals surface area (Å²) in [5.74, 6) is -0.865. The van der Waals surface area contributed by atoms with Gasteiger partial charge in [-0.1, -0.05) is 23.5 Å². The van der Waals surface area contributed by atoms with Gasteiger partial charge in [-0.05, 0) is 43.0 Å². The molecule has 1 aromatic heterocycles. The number of piperidine rings is 1. The molecule has 0 radical (unpaired) electrons. The molecule has 28 heavy (non-hydrogen) atoms. The summed E-state index contributed by atoms with van der Waals surface area (Å²) < 4.78 is 13.6. The van der Waals surface area contributed by atoms with E-state index in [1.54, 1.807) is 24.0 Å². The molecule has 1 saturated heterocycles. The van der Waals surface area contributed by atoms with E-state index in [0.717, 1.165) is 11.3 Å². The van der Waals surface area contributed by atoms with Crippen molar-refractivity contribution in [2.75, 3.05) is 13.1 Å². The molecule has 0 saturated carbocycles. The van der Waals surface area contributed by atoms with Gasteiger partial charge in [0, 0.05) is 31.6 Å². The molecule has 148 valence electrons. The fraction of sp³-hybridized carbons (Fsp3) is 0.368. The highest BCUT2D eigenvalue weighted by molar-refractivity contribution is 7.17. The van der Waals surface area contributed by atoms with E-state index in [0.29, 0.717) is 41.9 Å². The van der Waals surface area contributed by atoms with Gasteiger partial charge < -0.3 is 10.2 Å². The van der Waals surface area contributed by atoms with E-state index in [4.69, 9.17) is 0 Å². The molecule has 2 amide bonds. The Morgan fingerprint density at radius 3 is 2.61 bits per heavy atom. The van der Waals surface area contributed by atoms with Gasteiger partial charge in [-0.25, -0.2) is 4.39 Å². The van der Waals surface area contributed by atoms with Gasteiger partial charge in [0.25, 0.3) is 5.91 Å². The van der Waals surface area contributed by atoms with Gasteiger partial charge in [0.2, 0.25) is 5.91 Å². The number of carbonyl (C=O) groups is 2. The van der Waals surface area contributed by atoms with Crippen LogP contribution in [-0.2, 0) is 11.3 Å². The Kier molecular flexibility index (Phi) is 6.03. The van der Waals surface area contributed by atoms with E-state index in [9.17, 15) is 24.1 Å². The molecule has 2 heterocycles. The van der Waals surface area contributed by atoms with Gasteiger partial charge in [-0.2, -0.15) is 0 Å². The number of rotatable bonds is 5. The van der Waals surface area contributed by atoms with Crippen molar-refractivity contribution < 1.29 is 18.9 Å². The monoisotopic (exact) mass is 405 g/mol. The number of likely N-dealkylation sites (tertiary alicyclic amines) is 1. The van der Waals surface area contributed by atoms with Crippen molar-refractivity contribution >= 4 is 28.2 Å². The molecule has 3 rings (SSSR count). The molecule has 9 heteroatoms. The van der Waals surface area contributed by atoms with E-state index in [1.807, 2.05) is 0 Å². The van der Waals surface area contributed by atoms with Crippen LogP contribution in [-0.4, -0.2) is 34.7 Å². The fourth-order valence-electron chi connectivity index (χ4n) is 3.12. The zero-order valence-electron chi connectivity index (χ0n) is 15.3. The molecule has 1 aliphatic heterocycles. The average molecular weight is 405 g/mol. The number of nitro groups is 1. The Hall–Kier alpha value is -2.81. The number of aryl methyl sites for hydroxylation is 1.